The molecule has 0 aromatic heterocycles. The number of thioether (sulfide) groups is 1. The molecule has 4 nitrogen and oxygen atoms in total. The van der Waals surface area contributed by atoms with Crippen molar-refractivity contribution in [1.29, 1.82) is 0 Å². The van der Waals surface area contributed by atoms with Gasteiger partial charge in [0, 0.05) is 17.5 Å². The molecule has 0 aliphatic heterocycles. The molecule has 0 aliphatic rings. The van der Waals surface area contributed by atoms with Crippen molar-refractivity contribution in [3.8, 4) is 0 Å². The number of carbonyl (C=O) groups excluding carboxylic acids is 1. The molecule has 27 heavy (non-hydrogen) atoms. The number of rotatable bonds is 9. The van der Waals surface area contributed by atoms with Gasteiger partial charge in [-0.15, -0.1) is 0 Å². The van der Waals surface area contributed by atoms with Crippen molar-refractivity contribution in [3.63, 3.8) is 0 Å². The second-order valence-electron chi connectivity index (χ2n) is 6.76. The third-order valence-electron chi connectivity index (χ3n) is 4.90. The second kappa shape index (κ2) is 9.76. The predicted molar refractivity (Wildman–Crippen MR) is 116 cm³/mol. The number of hydrogen-bond donors (Lipinski definition) is 2. The number of aliphatic carboxylic acids is 1. The lowest BCUT2D eigenvalue weighted by molar-refractivity contribution is -0.140. The van der Waals surface area contributed by atoms with Gasteiger partial charge in [0.05, 0.1) is 0 Å². The number of nitrogens with one attached hydrogen (secondary N) is 1. The van der Waals surface area contributed by atoms with E-state index in [0.717, 1.165) is 6.42 Å². The molecule has 1 unspecified atom stereocenters. The van der Waals surface area contributed by atoms with E-state index in [0.29, 0.717) is 5.75 Å². The van der Waals surface area contributed by atoms with Crippen LogP contribution in [-0.4, -0.2) is 41.7 Å². The summed E-state index contributed by atoms with van der Waals surface area (Å²) in [6, 6.07) is 20.2. The van der Waals surface area contributed by atoms with Crippen molar-refractivity contribution in [2.24, 2.45) is 0 Å². The summed E-state index contributed by atoms with van der Waals surface area (Å²) in [5.74, 6) is -0.951. The van der Waals surface area contributed by atoms with Crippen molar-refractivity contribution in [2.45, 2.75) is 37.7 Å². The fourth-order valence-corrected chi connectivity index (χ4v) is 10.4. The molecule has 0 heterocycles. The average molecular weight is 402 g/mol. The van der Waals surface area contributed by atoms with Crippen molar-refractivity contribution >= 4 is 42.1 Å². The molecular weight excluding hydrogens is 374 g/mol. The zero-order chi connectivity index (χ0) is 19.9. The van der Waals surface area contributed by atoms with E-state index in [-0.39, 0.29) is 10.8 Å². The molecule has 2 atom stereocenters. The molecule has 0 aliphatic carbocycles. The first-order valence-electron chi connectivity index (χ1n) is 9.12. The lowest BCUT2D eigenvalue weighted by Gasteiger charge is -2.36. The number of carboxylic acids is 1. The highest BCUT2D eigenvalue weighted by Crippen LogP contribution is 2.26. The maximum absolute atomic E-state index is 11.5. The van der Waals surface area contributed by atoms with Crippen LogP contribution in [0.3, 0.4) is 0 Å². The first kappa shape index (κ1) is 21.2. The van der Waals surface area contributed by atoms with Crippen LogP contribution in [0.5, 0.6) is 0 Å². The number of benzene rings is 2. The fourth-order valence-electron chi connectivity index (χ4n) is 3.43. The van der Waals surface area contributed by atoms with Crippen LogP contribution in [0.15, 0.2) is 60.7 Å². The minimum Gasteiger partial charge on any atom is -0.480 e. The minimum atomic E-state index is -2.12. The highest BCUT2D eigenvalue weighted by molar-refractivity contribution is 8.02. The van der Waals surface area contributed by atoms with E-state index in [1.165, 1.54) is 17.3 Å². The maximum Gasteiger partial charge on any atom is 0.327 e. The second-order valence-corrected chi connectivity index (χ2v) is 12.7. The van der Waals surface area contributed by atoms with Crippen molar-refractivity contribution in [1.82, 2.24) is 5.32 Å². The van der Waals surface area contributed by atoms with Gasteiger partial charge in [-0.1, -0.05) is 84.5 Å². The molecule has 0 fully saturated rings. The number of carbonyl (C=O) groups is 2. The maximum atomic E-state index is 11.5. The van der Waals surface area contributed by atoms with Gasteiger partial charge in [-0.25, -0.2) is 4.79 Å². The van der Waals surface area contributed by atoms with Crippen LogP contribution in [0.4, 0.5) is 0 Å². The topological polar surface area (TPSA) is 66.4 Å². The Bertz CT molecular complexity index is 715. The molecule has 2 aromatic rings. The Hall–Kier alpha value is -2.05. The van der Waals surface area contributed by atoms with Crippen LogP contribution in [0.1, 0.15) is 20.3 Å². The summed E-state index contributed by atoms with van der Waals surface area (Å²) in [4.78, 5) is 23.1. The Morgan fingerprint density at radius 1 is 1.04 bits per heavy atom. The quantitative estimate of drug-likeness (QED) is 0.634. The van der Waals surface area contributed by atoms with Crippen molar-refractivity contribution in [3.05, 3.63) is 60.7 Å². The van der Waals surface area contributed by atoms with Gasteiger partial charge < -0.3 is 10.4 Å². The molecule has 0 bridgehead atoms. The normalized spacial score (nSPS) is 13.6. The molecule has 144 valence electrons. The van der Waals surface area contributed by atoms with Crippen LogP contribution in [0.25, 0.3) is 0 Å². The van der Waals surface area contributed by atoms with Gasteiger partial charge in [-0.3, -0.25) is 4.79 Å². The van der Waals surface area contributed by atoms with Crippen LogP contribution in [-0.2, 0) is 9.59 Å². The van der Waals surface area contributed by atoms with E-state index in [1.54, 1.807) is 11.8 Å². The minimum absolute atomic E-state index is 0.290. The number of hydrogen-bond acceptors (Lipinski definition) is 3. The Morgan fingerprint density at radius 3 is 1.89 bits per heavy atom. The Morgan fingerprint density at radius 2 is 1.52 bits per heavy atom. The standard InChI is InChI=1S/C21H27NO3SSi/c1-4-20(26-15-19(21(24)25)22-16(2)23)27(3,17-11-7-5-8-12-17)18-13-9-6-10-14-18/h5-14,19-20H,4,15H2,1-3H3,(H,22,23)(H,24,25)/t19-,20?/m0/s1. The molecule has 0 saturated carbocycles. The van der Waals surface area contributed by atoms with Gasteiger partial charge in [0.1, 0.15) is 14.1 Å². The highest BCUT2D eigenvalue weighted by atomic mass is 32.2. The van der Waals surface area contributed by atoms with Gasteiger partial charge in [-0.05, 0) is 6.42 Å². The zero-order valence-electron chi connectivity index (χ0n) is 16.0. The lowest BCUT2D eigenvalue weighted by Crippen LogP contribution is -2.63. The molecule has 6 heteroatoms. The van der Waals surface area contributed by atoms with Crippen molar-refractivity contribution in [2.75, 3.05) is 5.75 Å². The summed E-state index contributed by atoms with van der Waals surface area (Å²) in [7, 11) is -2.12. The smallest absolute Gasteiger partial charge is 0.327 e. The zero-order valence-corrected chi connectivity index (χ0v) is 17.8. The summed E-state index contributed by atoms with van der Waals surface area (Å²) in [6.07, 6.45) is 0.934. The van der Waals surface area contributed by atoms with E-state index in [4.69, 9.17) is 0 Å². The van der Waals surface area contributed by atoms with E-state index >= 15 is 0 Å². The summed E-state index contributed by atoms with van der Waals surface area (Å²) in [5, 5.41) is 14.6. The summed E-state index contributed by atoms with van der Waals surface area (Å²) in [6.45, 7) is 5.86. The predicted octanol–water partition coefficient (Wildman–Crippen LogP) is 2.52. The van der Waals surface area contributed by atoms with Crippen LogP contribution in [0.2, 0.25) is 6.55 Å². The molecule has 0 radical (unpaired) electrons. The third-order valence-corrected chi connectivity index (χ3v) is 12.8. The summed E-state index contributed by atoms with van der Waals surface area (Å²) >= 11 is 1.66. The number of amides is 1. The molecule has 0 spiro atoms. The molecule has 2 aromatic carbocycles. The molecule has 2 N–H and O–H groups in total. The van der Waals surface area contributed by atoms with Crippen LogP contribution < -0.4 is 15.7 Å². The van der Waals surface area contributed by atoms with Crippen molar-refractivity contribution < 1.29 is 14.7 Å². The Kier molecular flexibility index (Phi) is 7.68. The SMILES string of the molecule is CCC(SC[C@H](NC(C)=O)C(=O)O)[Si](C)(c1ccccc1)c1ccccc1. The first-order chi connectivity index (χ1) is 12.9. The average Bonchev–Trinajstić information content (AvgIpc) is 2.68. The molecule has 2 rings (SSSR count). The fraction of sp³-hybridized carbons (Fsp3) is 0.333. The van der Waals surface area contributed by atoms with Gasteiger partial charge in [-0.2, -0.15) is 11.8 Å². The van der Waals surface area contributed by atoms with Gasteiger partial charge >= 0.3 is 5.97 Å². The van der Waals surface area contributed by atoms with Gasteiger partial charge in [0.25, 0.3) is 0 Å². The molecule has 1 amide bonds. The molecular formula is C21H27NO3SSi. The lowest BCUT2D eigenvalue weighted by atomic mass is 10.3. The van der Waals surface area contributed by atoms with E-state index in [9.17, 15) is 14.7 Å². The van der Waals surface area contributed by atoms with E-state index in [2.05, 4.69) is 67.3 Å². The van der Waals surface area contributed by atoms with Gasteiger partial charge in [0.15, 0.2) is 0 Å². The van der Waals surface area contributed by atoms with Crippen LogP contribution in [0, 0.1) is 0 Å². The number of carboxylic acid groups (broad SMARTS) is 1. The van der Waals surface area contributed by atoms with Crippen LogP contribution >= 0.6 is 11.8 Å². The Balaban J connectivity index is 2.35. The highest BCUT2D eigenvalue weighted by Gasteiger charge is 2.40. The van der Waals surface area contributed by atoms with Gasteiger partial charge in [0.2, 0.25) is 5.91 Å². The third kappa shape index (κ3) is 5.23. The van der Waals surface area contributed by atoms with E-state index in [1.807, 2.05) is 12.1 Å². The summed E-state index contributed by atoms with van der Waals surface area (Å²) < 4.78 is 0. The Labute approximate surface area is 166 Å². The first-order valence-corrected chi connectivity index (χ1v) is 12.7. The summed E-state index contributed by atoms with van der Waals surface area (Å²) in [5.41, 5.74) is 0. The monoisotopic (exact) mass is 401 g/mol. The van der Waals surface area contributed by atoms with E-state index < -0.39 is 20.1 Å². The molecule has 0 saturated heterocycles. The largest absolute Gasteiger partial charge is 0.480 e.